The average molecular weight is 234 g/mol. The SMILES string of the molecule is Cc1c(C)c(C(=O)O)c2c(c1C(=O)O)CCC2. The van der Waals surface area contributed by atoms with Crippen LogP contribution in [0.1, 0.15) is 49.4 Å². The third kappa shape index (κ3) is 1.60. The predicted octanol–water partition coefficient (Wildman–Crippen LogP) is 2.19. The smallest absolute Gasteiger partial charge is 0.336 e. The molecular weight excluding hydrogens is 220 g/mol. The summed E-state index contributed by atoms with van der Waals surface area (Å²) in [4.78, 5) is 22.5. The average Bonchev–Trinajstić information content (AvgIpc) is 2.66. The molecular formula is C13H14O4. The van der Waals surface area contributed by atoms with Gasteiger partial charge in [-0.25, -0.2) is 9.59 Å². The summed E-state index contributed by atoms with van der Waals surface area (Å²) < 4.78 is 0. The Kier molecular flexibility index (Phi) is 2.65. The number of hydrogen-bond acceptors (Lipinski definition) is 2. The van der Waals surface area contributed by atoms with Gasteiger partial charge in [0.2, 0.25) is 0 Å². The fourth-order valence-corrected chi connectivity index (χ4v) is 2.70. The molecule has 0 saturated carbocycles. The Morgan fingerprint density at radius 2 is 1.24 bits per heavy atom. The first-order valence-corrected chi connectivity index (χ1v) is 5.56. The standard InChI is InChI=1S/C13H14O4/c1-6-7(2)11(13(16)17)9-5-3-4-8(9)10(6)12(14)15/h3-5H2,1-2H3,(H,14,15)(H,16,17). The summed E-state index contributed by atoms with van der Waals surface area (Å²) in [7, 11) is 0. The highest BCUT2D eigenvalue weighted by Crippen LogP contribution is 2.34. The van der Waals surface area contributed by atoms with Gasteiger partial charge in [0, 0.05) is 0 Å². The molecule has 0 heterocycles. The van der Waals surface area contributed by atoms with E-state index in [0.717, 1.165) is 17.5 Å². The van der Waals surface area contributed by atoms with Crippen molar-refractivity contribution < 1.29 is 19.8 Å². The molecule has 0 saturated heterocycles. The fourth-order valence-electron chi connectivity index (χ4n) is 2.70. The molecule has 1 aliphatic carbocycles. The van der Waals surface area contributed by atoms with Crippen LogP contribution in [-0.4, -0.2) is 22.2 Å². The first-order valence-electron chi connectivity index (χ1n) is 5.56. The van der Waals surface area contributed by atoms with Gasteiger partial charge in [-0.1, -0.05) is 0 Å². The molecule has 0 unspecified atom stereocenters. The maximum Gasteiger partial charge on any atom is 0.336 e. The van der Waals surface area contributed by atoms with E-state index in [9.17, 15) is 19.8 Å². The molecule has 0 atom stereocenters. The molecule has 17 heavy (non-hydrogen) atoms. The zero-order valence-corrected chi connectivity index (χ0v) is 9.83. The van der Waals surface area contributed by atoms with Crippen LogP contribution in [0.2, 0.25) is 0 Å². The molecule has 1 aromatic rings. The number of carboxylic acids is 2. The van der Waals surface area contributed by atoms with Crippen molar-refractivity contribution in [2.75, 3.05) is 0 Å². The second-order valence-corrected chi connectivity index (χ2v) is 4.42. The number of rotatable bonds is 2. The minimum absolute atomic E-state index is 0.306. The zero-order chi connectivity index (χ0) is 12.7. The summed E-state index contributed by atoms with van der Waals surface area (Å²) in [6.07, 6.45) is 2.16. The molecule has 0 bridgehead atoms. The molecule has 4 heteroatoms. The van der Waals surface area contributed by atoms with E-state index in [1.54, 1.807) is 13.8 Å². The van der Waals surface area contributed by atoms with Gasteiger partial charge in [0.05, 0.1) is 11.1 Å². The van der Waals surface area contributed by atoms with Crippen LogP contribution in [0.3, 0.4) is 0 Å². The van der Waals surface area contributed by atoms with Crippen molar-refractivity contribution in [3.05, 3.63) is 33.4 Å². The Bertz CT molecular complexity index is 482. The van der Waals surface area contributed by atoms with Crippen LogP contribution in [0.4, 0.5) is 0 Å². The van der Waals surface area contributed by atoms with Crippen molar-refractivity contribution >= 4 is 11.9 Å². The molecule has 0 amide bonds. The number of carbonyl (C=O) groups is 2. The maximum absolute atomic E-state index is 11.3. The van der Waals surface area contributed by atoms with E-state index in [2.05, 4.69) is 0 Å². The fraction of sp³-hybridized carbons (Fsp3) is 0.385. The van der Waals surface area contributed by atoms with Gasteiger partial charge in [0.1, 0.15) is 0 Å². The van der Waals surface area contributed by atoms with Gasteiger partial charge < -0.3 is 10.2 Å². The van der Waals surface area contributed by atoms with Crippen molar-refractivity contribution in [1.82, 2.24) is 0 Å². The molecule has 0 spiro atoms. The van der Waals surface area contributed by atoms with Gasteiger partial charge in [-0.2, -0.15) is 0 Å². The summed E-state index contributed by atoms with van der Waals surface area (Å²) in [6.45, 7) is 3.37. The zero-order valence-electron chi connectivity index (χ0n) is 9.83. The number of carboxylic acid groups (broad SMARTS) is 2. The molecule has 4 nitrogen and oxygen atoms in total. The maximum atomic E-state index is 11.3. The van der Waals surface area contributed by atoms with E-state index in [1.807, 2.05) is 0 Å². The second-order valence-electron chi connectivity index (χ2n) is 4.42. The molecule has 0 fully saturated rings. The lowest BCUT2D eigenvalue weighted by Crippen LogP contribution is -2.13. The van der Waals surface area contributed by atoms with Crippen LogP contribution >= 0.6 is 0 Å². The van der Waals surface area contributed by atoms with Crippen LogP contribution in [0.5, 0.6) is 0 Å². The van der Waals surface area contributed by atoms with E-state index in [4.69, 9.17) is 0 Å². The normalized spacial score (nSPS) is 13.5. The first kappa shape index (κ1) is 11.6. The monoisotopic (exact) mass is 234 g/mol. The van der Waals surface area contributed by atoms with Crippen molar-refractivity contribution in [3.8, 4) is 0 Å². The number of fused-ring (bicyclic) bond motifs is 1. The third-order valence-corrected chi connectivity index (χ3v) is 3.56. The van der Waals surface area contributed by atoms with Crippen LogP contribution in [0.25, 0.3) is 0 Å². The molecule has 1 aliphatic rings. The van der Waals surface area contributed by atoms with Crippen molar-refractivity contribution in [3.63, 3.8) is 0 Å². The molecule has 0 radical (unpaired) electrons. The highest BCUT2D eigenvalue weighted by atomic mass is 16.4. The largest absolute Gasteiger partial charge is 0.478 e. The van der Waals surface area contributed by atoms with E-state index in [-0.39, 0.29) is 0 Å². The molecule has 2 rings (SSSR count). The summed E-state index contributed by atoms with van der Waals surface area (Å²) in [5.41, 5.74) is 3.21. The third-order valence-electron chi connectivity index (χ3n) is 3.56. The van der Waals surface area contributed by atoms with Crippen LogP contribution < -0.4 is 0 Å². The highest BCUT2D eigenvalue weighted by molar-refractivity contribution is 5.98. The Morgan fingerprint density at radius 3 is 1.53 bits per heavy atom. The summed E-state index contributed by atoms with van der Waals surface area (Å²) in [5.74, 6) is -1.92. The lowest BCUT2D eigenvalue weighted by atomic mass is 9.89. The predicted molar refractivity (Wildman–Crippen MR) is 61.9 cm³/mol. The van der Waals surface area contributed by atoms with Crippen LogP contribution in [0.15, 0.2) is 0 Å². The molecule has 0 aliphatic heterocycles. The highest BCUT2D eigenvalue weighted by Gasteiger charge is 2.28. The summed E-state index contributed by atoms with van der Waals surface area (Å²) in [5, 5.41) is 18.5. The Balaban J connectivity index is 2.85. The topological polar surface area (TPSA) is 74.6 Å². The minimum atomic E-state index is -0.958. The van der Waals surface area contributed by atoms with Crippen molar-refractivity contribution in [1.29, 1.82) is 0 Å². The lowest BCUT2D eigenvalue weighted by Gasteiger charge is -2.15. The van der Waals surface area contributed by atoms with E-state index in [1.165, 1.54) is 0 Å². The Morgan fingerprint density at radius 1 is 0.882 bits per heavy atom. The van der Waals surface area contributed by atoms with Crippen LogP contribution in [0, 0.1) is 13.8 Å². The van der Waals surface area contributed by atoms with E-state index >= 15 is 0 Å². The number of hydrogen-bond donors (Lipinski definition) is 2. The van der Waals surface area contributed by atoms with Gasteiger partial charge in [-0.05, 0) is 55.4 Å². The summed E-state index contributed by atoms with van der Waals surface area (Å²) >= 11 is 0. The molecule has 1 aromatic carbocycles. The van der Waals surface area contributed by atoms with E-state index < -0.39 is 11.9 Å². The van der Waals surface area contributed by atoms with Gasteiger partial charge in [-0.15, -0.1) is 0 Å². The molecule has 90 valence electrons. The lowest BCUT2D eigenvalue weighted by molar-refractivity contribution is 0.0678. The first-order chi connectivity index (χ1) is 7.95. The molecule has 2 N–H and O–H groups in total. The number of aromatic carboxylic acids is 2. The second kappa shape index (κ2) is 3.87. The quantitative estimate of drug-likeness (QED) is 0.822. The molecule has 0 aromatic heterocycles. The van der Waals surface area contributed by atoms with Crippen molar-refractivity contribution in [2.45, 2.75) is 33.1 Å². The van der Waals surface area contributed by atoms with E-state index in [0.29, 0.717) is 35.1 Å². The minimum Gasteiger partial charge on any atom is -0.478 e. The number of benzene rings is 1. The Labute approximate surface area is 98.9 Å². The van der Waals surface area contributed by atoms with Gasteiger partial charge in [-0.3, -0.25) is 0 Å². The van der Waals surface area contributed by atoms with Gasteiger partial charge in [0.25, 0.3) is 0 Å². The summed E-state index contributed by atoms with van der Waals surface area (Å²) in [6, 6.07) is 0. The van der Waals surface area contributed by atoms with Gasteiger partial charge in [0.15, 0.2) is 0 Å². The van der Waals surface area contributed by atoms with Crippen LogP contribution in [-0.2, 0) is 12.8 Å². The van der Waals surface area contributed by atoms with Gasteiger partial charge >= 0.3 is 11.9 Å². The Hall–Kier alpha value is -1.84. The van der Waals surface area contributed by atoms with Crippen molar-refractivity contribution in [2.24, 2.45) is 0 Å².